The number of nitrogens with one attached hydrogen (secondary N) is 2. The van der Waals surface area contributed by atoms with E-state index in [4.69, 9.17) is 9.47 Å². The smallest absolute Gasteiger partial charge is 0.350 e. The van der Waals surface area contributed by atoms with Crippen molar-refractivity contribution in [3.05, 3.63) is 41.6 Å². The van der Waals surface area contributed by atoms with Gasteiger partial charge in [0.2, 0.25) is 0 Å². The van der Waals surface area contributed by atoms with Crippen LogP contribution in [0.15, 0.2) is 36.0 Å². The summed E-state index contributed by atoms with van der Waals surface area (Å²) in [4.78, 5) is 36.1. The molecule has 1 saturated heterocycles. The number of unbranched alkanes of at least 4 members (excludes halogenated alkanes) is 1. The van der Waals surface area contributed by atoms with Gasteiger partial charge >= 0.3 is 11.9 Å². The highest BCUT2D eigenvalue weighted by atomic mass is 16.7. The molecule has 2 rings (SSSR count). The van der Waals surface area contributed by atoms with Gasteiger partial charge in [0.1, 0.15) is 0 Å². The van der Waals surface area contributed by atoms with Gasteiger partial charge in [-0.25, -0.2) is 9.59 Å². The van der Waals surface area contributed by atoms with Crippen LogP contribution in [-0.4, -0.2) is 30.2 Å². The molecule has 2 N–H and O–H groups in total. The number of hydrogen-bond acceptors (Lipinski definition) is 6. The van der Waals surface area contributed by atoms with Crippen LogP contribution in [0.5, 0.6) is 0 Å². The molecule has 134 valence electrons. The molecule has 1 amide bonds. The molecule has 25 heavy (non-hydrogen) atoms. The van der Waals surface area contributed by atoms with E-state index in [0.717, 1.165) is 12.8 Å². The van der Waals surface area contributed by atoms with E-state index < -0.39 is 17.7 Å². The molecule has 0 spiro atoms. The molecule has 0 radical (unpaired) electrons. The number of amides is 1. The number of benzene rings is 1. The van der Waals surface area contributed by atoms with Crippen LogP contribution < -0.4 is 10.6 Å². The first kappa shape index (κ1) is 18.5. The summed E-state index contributed by atoms with van der Waals surface area (Å²) < 4.78 is 10.0. The minimum Gasteiger partial charge on any atom is -0.419 e. The van der Waals surface area contributed by atoms with E-state index >= 15 is 0 Å². The lowest BCUT2D eigenvalue weighted by Gasteiger charge is -2.29. The molecule has 1 aliphatic rings. The fourth-order valence-electron chi connectivity index (χ4n) is 2.21. The fourth-order valence-corrected chi connectivity index (χ4v) is 2.21. The van der Waals surface area contributed by atoms with Crippen molar-refractivity contribution in [2.75, 3.05) is 11.9 Å². The summed E-state index contributed by atoms with van der Waals surface area (Å²) in [7, 11) is 0. The molecular weight excluding hydrogens is 324 g/mol. The Labute approximate surface area is 146 Å². The van der Waals surface area contributed by atoms with E-state index in [-0.39, 0.29) is 11.5 Å². The molecule has 0 saturated carbocycles. The lowest BCUT2D eigenvalue weighted by Crippen LogP contribution is -2.42. The monoisotopic (exact) mass is 346 g/mol. The maximum atomic E-state index is 12.3. The third kappa shape index (κ3) is 4.82. The molecule has 7 nitrogen and oxygen atoms in total. The average molecular weight is 346 g/mol. The first-order valence-corrected chi connectivity index (χ1v) is 8.14. The third-order valence-electron chi connectivity index (χ3n) is 3.48. The number of rotatable bonds is 6. The molecule has 0 aliphatic carbocycles. The molecule has 1 fully saturated rings. The van der Waals surface area contributed by atoms with Gasteiger partial charge in [-0.3, -0.25) is 4.79 Å². The summed E-state index contributed by atoms with van der Waals surface area (Å²) in [5, 5.41) is 5.64. The summed E-state index contributed by atoms with van der Waals surface area (Å²) in [6.45, 7) is 5.57. The topological polar surface area (TPSA) is 93.7 Å². The summed E-state index contributed by atoms with van der Waals surface area (Å²) in [5.74, 6) is -3.08. The summed E-state index contributed by atoms with van der Waals surface area (Å²) in [6, 6.07) is 6.81. The highest BCUT2D eigenvalue weighted by Crippen LogP contribution is 2.23. The Morgan fingerprint density at radius 2 is 1.80 bits per heavy atom. The number of carbonyl (C=O) groups is 3. The van der Waals surface area contributed by atoms with Crippen LogP contribution in [0.3, 0.4) is 0 Å². The lowest BCUT2D eigenvalue weighted by atomic mass is 10.1. The fraction of sp³-hybridized carbons (Fsp3) is 0.389. The highest BCUT2D eigenvalue weighted by molar-refractivity contribution is 6.15. The zero-order valence-corrected chi connectivity index (χ0v) is 14.5. The van der Waals surface area contributed by atoms with E-state index in [9.17, 15) is 14.4 Å². The van der Waals surface area contributed by atoms with Crippen molar-refractivity contribution in [1.29, 1.82) is 0 Å². The highest BCUT2D eigenvalue weighted by Gasteiger charge is 2.38. The van der Waals surface area contributed by atoms with Crippen molar-refractivity contribution in [2.24, 2.45) is 0 Å². The average Bonchev–Trinajstić information content (AvgIpc) is 2.53. The third-order valence-corrected chi connectivity index (χ3v) is 3.48. The number of anilines is 1. The van der Waals surface area contributed by atoms with Crippen LogP contribution in [0, 0.1) is 0 Å². The number of hydrogen-bond donors (Lipinski definition) is 2. The predicted molar refractivity (Wildman–Crippen MR) is 91.7 cm³/mol. The van der Waals surface area contributed by atoms with Crippen molar-refractivity contribution < 1.29 is 23.9 Å². The lowest BCUT2D eigenvalue weighted by molar-refractivity contribution is -0.222. The quantitative estimate of drug-likeness (QED) is 0.355. The van der Waals surface area contributed by atoms with Crippen LogP contribution >= 0.6 is 0 Å². The zero-order chi connectivity index (χ0) is 18.4. The predicted octanol–water partition coefficient (Wildman–Crippen LogP) is 2.35. The normalized spacial score (nSPS) is 15.9. The number of para-hydroxylation sites is 1. The van der Waals surface area contributed by atoms with E-state index in [1.165, 1.54) is 20.0 Å². The van der Waals surface area contributed by atoms with Gasteiger partial charge in [0.25, 0.3) is 11.7 Å². The molecule has 1 aromatic carbocycles. The van der Waals surface area contributed by atoms with Gasteiger partial charge in [-0.1, -0.05) is 25.5 Å². The van der Waals surface area contributed by atoms with Gasteiger partial charge in [0.05, 0.1) is 11.3 Å². The molecular formula is C18H22N2O5. The number of ether oxygens (including phenoxy) is 2. The second-order valence-corrected chi connectivity index (χ2v) is 6.04. The van der Waals surface area contributed by atoms with Crippen LogP contribution in [-0.2, 0) is 19.1 Å². The molecule has 1 heterocycles. The Balaban J connectivity index is 2.14. The van der Waals surface area contributed by atoms with Crippen LogP contribution in [0.25, 0.3) is 0 Å². The molecule has 1 aliphatic heterocycles. The molecule has 0 unspecified atom stereocenters. The minimum atomic E-state index is -1.29. The Morgan fingerprint density at radius 1 is 1.16 bits per heavy atom. The van der Waals surface area contributed by atoms with Gasteiger partial charge in [0.15, 0.2) is 5.57 Å². The molecule has 7 heteroatoms. The summed E-state index contributed by atoms with van der Waals surface area (Å²) in [5.41, 5.74) is 0.614. The van der Waals surface area contributed by atoms with Crippen molar-refractivity contribution in [3.8, 4) is 0 Å². The van der Waals surface area contributed by atoms with Crippen molar-refractivity contribution >= 4 is 23.5 Å². The van der Waals surface area contributed by atoms with E-state index in [2.05, 4.69) is 10.6 Å². The summed E-state index contributed by atoms with van der Waals surface area (Å²) in [6.07, 6.45) is 3.06. The number of carbonyl (C=O) groups excluding carboxylic acids is 3. The largest absolute Gasteiger partial charge is 0.419 e. The first-order chi connectivity index (χ1) is 11.8. The molecule has 1 aromatic rings. The Hall–Kier alpha value is -2.83. The second-order valence-electron chi connectivity index (χ2n) is 6.04. The SMILES string of the molecule is CCCCNC(=O)c1ccccc1NC=C1C(=O)OC(C)(C)OC1=O. The molecule has 0 aromatic heterocycles. The maximum absolute atomic E-state index is 12.3. The van der Waals surface area contributed by atoms with Crippen LogP contribution in [0.2, 0.25) is 0 Å². The Kier molecular flexibility index (Phi) is 5.80. The van der Waals surface area contributed by atoms with Gasteiger partial charge in [-0.2, -0.15) is 0 Å². The second kappa shape index (κ2) is 7.83. The van der Waals surface area contributed by atoms with E-state index in [1.54, 1.807) is 24.3 Å². The number of cyclic esters (lactones) is 2. The Bertz CT molecular complexity index is 687. The van der Waals surface area contributed by atoms with Crippen molar-refractivity contribution in [3.63, 3.8) is 0 Å². The molecule has 0 bridgehead atoms. The van der Waals surface area contributed by atoms with Gasteiger partial charge < -0.3 is 20.1 Å². The zero-order valence-electron chi connectivity index (χ0n) is 14.5. The van der Waals surface area contributed by atoms with Gasteiger partial charge in [0, 0.05) is 26.6 Å². The minimum absolute atomic E-state index is 0.232. The van der Waals surface area contributed by atoms with Crippen molar-refractivity contribution in [1.82, 2.24) is 5.32 Å². The van der Waals surface area contributed by atoms with Crippen molar-refractivity contribution in [2.45, 2.75) is 39.4 Å². The standard InChI is InChI=1S/C18H22N2O5/c1-4-5-10-19-15(21)12-8-6-7-9-14(12)20-11-13-16(22)24-18(2,3)25-17(13)23/h6-9,11,20H,4-5,10H2,1-3H3,(H,19,21). The van der Waals surface area contributed by atoms with Gasteiger partial charge in [-0.05, 0) is 18.6 Å². The maximum Gasteiger partial charge on any atom is 0.350 e. The Morgan fingerprint density at radius 3 is 2.44 bits per heavy atom. The molecule has 0 atom stereocenters. The van der Waals surface area contributed by atoms with Crippen LogP contribution in [0.1, 0.15) is 44.0 Å². The first-order valence-electron chi connectivity index (χ1n) is 8.14. The van der Waals surface area contributed by atoms with Gasteiger partial charge in [-0.15, -0.1) is 0 Å². The van der Waals surface area contributed by atoms with E-state index in [0.29, 0.717) is 17.8 Å². The number of esters is 2. The van der Waals surface area contributed by atoms with E-state index in [1.807, 2.05) is 6.92 Å². The summed E-state index contributed by atoms with van der Waals surface area (Å²) >= 11 is 0. The van der Waals surface area contributed by atoms with Crippen LogP contribution in [0.4, 0.5) is 5.69 Å².